The number of aromatic nitrogens is 4. The molecule has 31 heavy (non-hydrogen) atoms. The highest BCUT2D eigenvalue weighted by Crippen LogP contribution is 2.41. The molecule has 0 unspecified atom stereocenters. The first-order valence-electron chi connectivity index (χ1n) is 9.64. The highest BCUT2D eigenvalue weighted by Gasteiger charge is 2.23. The average molecular weight is 416 g/mol. The first-order valence-corrected chi connectivity index (χ1v) is 9.64. The zero-order valence-corrected chi connectivity index (χ0v) is 17.3. The van der Waals surface area contributed by atoms with Crippen LogP contribution >= 0.6 is 0 Å². The third kappa shape index (κ3) is 4.28. The van der Waals surface area contributed by atoms with Gasteiger partial charge < -0.3 is 14.0 Å². The summed E-state index contributed by atoms with van der Waals surface area (Å²) in [5.41, 5.74) is 3.74. The van der Waals surface area contributed by atoms with Crippen molar-refractivity contribution in [3.8, 4) is 22.8 Å². The highest BCUT2D eigenvalue weighted by atomic mass is 16.5. The molecule has 0 fully saturated rings. The van der Waals surface area contributed by atoms with Gasteiger partial charge in [-0.25, -0.2) is 15.0 Å². The molecule has 0 aliphatic carbocycles. The van der Waals surface area contributed by atoms with E-state index in [9.17, 15) is 9.59 Å². The summed E-state index contributed by atoms with van der Waals surface area (Å²) >= 11 is 0. The van der Waals surface area contributed by atoms with Crippen molar-refractivity contribution in [3.05, 3.63) is 66.2 Å². The van der Waals surface area contributed by atoms with Crippen LogP contribution in [0.2, 0.25) is 0 Å². The number of carbonyl (C=O) groups is 2. The van der Waals surface area contributed by atoms with Crippen molar-refractivity contribution in [2.24, 2.45) is 0 Å². The molecule has 0 saturated heterocycles. The highest BCUT2D eigenvalue weighted by molar-refractivity contribution is 5.93. The van der Waals surface area contributed by atoms with Gasteiger partial charge in [-0.05, 0) is 30.2 Å². The molecule has 4 rings (SSSR count). The molecule has 4 aromatic rings. The fourth-order valence-electron chi connectivity index (χ4n) is 3.38. The van der Waals surface area contributed by atoms with Crippen LogP contribution in [0.5, 0.6) is 11.5 Å². The van der Waals surface area contributed by atoms with Crippen molar-refractivity contribution < 1.29 is 19.1 Å². The number of rotatable bonds is 5. The van der Waals surface area contributed by atoms with Gasteiger partial charge in [0.15, 0.2) is 5.65 Å². The number of benzene rings is 2. The molecule has 2 aromatic heterocycles. The van der Waals surface area contributed by atoms with Crippen LogP contribution in [0.1, 0.15) is 25.0 Å². The molecule has 0 aliphatic rings. The molecular weight excluding hydrogens is 396 g/mol. The molecule has 8 heteroatoms. The van der Waals surface area contributed by atoms with Crippen molar-refractivity contribution in [1.29, 1.82) is 0 Å². The van der Waals surface area contributed by atoms with Crippen LogP contribution in [0, 0.1) is 6.92 Å². The second-order valence-corrected chi connectivity index (χ2v) is 7.08. The lowest BCUT2D eigenvalue weighted by Gasteiger charge is -2.15. The number of carbonyl (C=O) groups excluding carboxylic acids is 2. The smallest absolute Gasteiger partial charge is 0.308 e. The molecule has 0 radical (unpaired) electrons. The Morgan fingerprint density at radius 2 is 1.58 bits per heavy atom. The normalized spacial score (nSPS) is 10.8. The van der Waals surface area contributed by atoms with Crippen LogP contribution in [-0.4, -0.2) is 31.5 Å². The van der Waals surface area contributed by atoms with E-state index < -0.39 is 11.9 Å². The van der Waals surface area contributed by atoms with Gasteiger partial charge in [-0.15, -0.1) is 0 Å². The predicted octanol–water partition coefficient (Wildman–Crippen LogP) is 3.70. The Kier molecular flexibility index (Phi) is 5.44. The van der Waals surface area contributed by atoms with E-state index in [1.807, 2.05) is 41.8 Å². The van der Waals surface area contributed by atoms with Crippen molar-refractivity contribution in [2.75, 3.05) is 0 Å². The summed E-state index contributed by atoms with van der Waals surface area (Å²) in [4.78, 5) is 36.8. The van der Waals surface area contributed by atoms with E-state index in [1.165, 1.54) is 20.2 Å². The average Bonchev–Trinajstić information content (AvgIpc) is 3.11. The SMILES string of the molecule is CC(=O)Oc1cc(C)cc(OC(C)=O)c1-c1ncnc2c1ncn2Cc1ccccc1. The lowest BCUT2D eigenvalue weighted by atomic mass is 10.1. The number of nitrogens with zero attached hydrogens (tertiary/aromatic N) is 4. The number of aryl methyl sites for hydroxylation is 1. The van der Waals surface area contributed by atoms with Gasteiger partial charge in [-0.3, -0.25) is 9.59 Å². The van der Waals surface area contributed by atoms with Crippen LogP contribution < -0.4 is 9.47 Å². The summed E-state index contributed by atoms with van der Waals surface area (Å²) in [5.74, 6) is -0.524. The zero-order valence-electron chi connectivity index (χ0n) is 17.3. The van der Waals surface area contributed by atoms with Crippen molar-refractivity contribution in [2.45, 2.75) is 27.3 Å². The molecule has 0 N–H and O–H groups in total. The van der Waals surface area contributed by atoms with E-state index in [-0.39, 0.29) is 11.5 Å². The van der Waals surface area contributed by atoms with Gasteiger partial charge >= 0.3 is 11.9 Å². The van der Waals surface area contributed by atoms with E-state index in [1.54, 1.807) is 18.5 Å². The minimum Gasteiger partial charge on any atom is -0.426 e. The maximum absolute atomic E-state index is 11.7. The Hall–Kier alpha value is -4.07. The summed E-state index contributed by atoms with van der Waals surface area (Å²) < 4.78 is 12.8. The lowest BCUT2D eigenvalue weighted by Crippen LogP contribution is -2.08. The fourth-order valence-corrected chi connectivity index (χ4v) is 3.38. The predicted molar refractivity (Wildman–Crippen MR) is 114 cm³/mol. The van der Waals surface area contributed by atoms with Crippen molar-refractivity contribution in [3.63, 3.8) is 0 Å². The molecule has 0 saturated carbocycles. The molecule has 0 aliphatic heterocycles. The van der Waals surface area contributed by atoms with E-state index in [4.69, 9.17) is 9.47 Å². The number of esters is 2. The Morgan fingerprint density at radius 3 is 2.19 bits per heavy atom. The standard InChI is InChI=1S/C23H20N4O4/c1-14-9-18(30-15(2)28)20(19(10-14)31-16(3)29)21-22-23(25-12-24-21)27(13-26-22)11-17-7-5-4-6-8-17/h4-10,12-13H,11H2,1-3H3. The van der Waals surface area contributed by atoms with Crippen LogP contribution in [0.25, 0.3) is 22.4 Å². The van der Waals surface area contributed by atoms with E-state index in [2.05, 4.69) is 15.0 Å². The summed E-state index contributed by atoms with van der Waals surface area (Å²) in [6.07, 6.45) is 3.09. The molecule has 0 atom stereocenters. The largest absolute Gasteiger partial charge is 0.426 e. The van der Waals surface area contributed by atoms with Crippen LogP contribution in [0.4, 0.5) is 0 Å². The van der Waals surface area contributed by atoms with Gasteiger partial charge in [0.2, 0.25) is 0 Å². The molecule has 0 amide bonds. The number of ether oxygens (including phenoxy) is 2. The van der Waals surface area contributed by atoms with Crippen molar-refractivity contribution >= 4 is 23.1 Å². The molecule has 156 valence electrons. The number of hydrogen-bond donors (Lipinski definition) is 0. The maximum atomic E-state index is 11.7. The molecule has 8 nitrogen and oxygen atoms in total. The topological polar surface area (TPSA) is 96.2 Å². The third-order valence-corrected chi connectivity index (χ3v) is 4.55. The quantitative estimate of drug-likeness (QED) is 0.361. The van der Waals surface area contributed by atoms with E-state index in [0.29, 0.717) is 29.0 Å². The Balaban J connectivity index is 1.90. The third-order valence-electron chi connectivity index (χ3n) is 4.55. The molecule has 0 bridgehead atoms. The number of imidazole rings is 1. The molecule has 2 aromatic carbocycles. The fraction of sp³-hybridized carbons (Fsp3) is 0.174. The van der Waals surface area contributed by atoms with Gasteiger partial charge in [0, 0.05) is 13.8 Å². The molecule has 2 heterocycles. The second kappa shape index (κ2) is 8.35. The van der Waals surface area contributed by atoms with Gasteiger partial charge in [-0.2, -0.15) is 0 Å². The summed E-state index contributed by atoms with van der Waals surface area (Å²) in [6, 6.07) is 13.3. The minimum absolute atomic E-state index is 0.237. The first kappa shape index (κ1) is 20.2. The lowest BCUT2D eigenvalue weighted by molar-refractivity contribution is -0.132. The van der Waals surface area contributed by atoms with Crippen molar-refractivity contribution in [1.82, 2.24) is 19.5 Å². The monoisotopic (exact) mass is 416 g/mol. The minimum atomic E-state index is -0.500. The van der Waals surface area contributed by atoms with Gasteiger partial charge in [0.05, 0.1) is 18.4 Å². The van der Waals surface area contributed by atoms with E-state index in [0.717, 1.165) is 11.1 Å². The Labute approximate surface area is 178 Å². The van der Waals surface area contributed by atoms with Crippen LogP contribution in [0.15, 0.2) is 55.1 Å². The number of fused-ring (bicyclic) bond motifs is 1. The number of hydrogen-bond acceptors (Lipinski definition) is 7. The first-order chi connectivity index (χ1) is 14.9. The summed E-state index contributed by atoms with van der Waals surface area (Å²) in [5, 5.41) is 0. The van der Waals surface area contributed by atoms with E-state index >= 15 is 0 Å². The summed E-state index contributed by atoms with van der Waals surface area (Å²) in [6.45, 7) is 5.01. The second-order valence-electron chi connectivity index (χ2n) is 7.08. The van der Waals surface area contributed by atoms with Gasteiger partial charge in [0.25, 0.3) is 0 Å². The maximum Gasteiger partial charge on any atom is 0.308 e. The van der Waals surface area contributed by atoms with Gasteiger partial charge in [0.1, 0.15) is 29.0 Å². The van der Waals surface area contributed by atoms with Gasteiger partial charge in [-0.1, -0.05) is 30.3 Å². The zero-order chi connectivity index (χ0) is 22.0. The van der Waals surface area contributed by atoms with Crippen LogP contribution in [-0.2, 0) is 16.1 Å². The summed E-state index contributed by atoms with van der Waals surface area (Å²) in [7, 11) is 0. The Morgan fingerprint density at radius 1 is 0.935 bits per heavy atom. The molecular formula is C23H20N4O4. The Bertz CT molecular complexity index is 1240. The van der Waals surface area contributed by atoms with Crippen LogP contribution in [0.3, 0.4) is 0 Å². The molecule has 0 spiro atoms.